The molecule has 2 N–H and O–H groups in total. The minimum atomic E-state index is -0.981. The molecule has 6 heteroatoms. The van der Waals surface area contributed by atoms with Gasteiger partial charge in [0.2, 0.25) is 5.91 Å². The molecule has 0 saturated carbocycles. The van der Waals surface area contributed by atoms with E-state index in [0.29, 0.717) is 18.4 Å². The molecule has 20 heavy (non-hydrogen) atoms. The fourth-order valence-electron chi connectivity index (χ4n) is 2.14. The Labute approximate surface area is 115 Å². The van der Waals surface area contributed by atoms with Crippen LogP contribution in [0.5, 0.6) is 0 Å². The molecule has 1 heterocycles. The lowest BCUT2D eigenvalue weighted by Crippen LogP contribution is -2.34. The van der Waals surface area contributed by atoms with Gasteiger partial charge in [0.05, 0.1) is 12.5 Å². The van der Waals surface area contributed by atoms with Gasteiger partial charge in [-0.2, -0.15) is 0 Å². The van der Waals surface area contributed by atoms with Crippen LogP contribution in [0.1, 0.15) is 18.4 Å². The van der Waals surface area contributed by atoms with Crippen LogP contribution in [-0.4, -0.2) is 35.7 Å². The van der Waals surface area contributed by atoms with E-state index in [-0.39, 0.29) is 25.0 Å². The van der Waals surface area contributed by atoms with Crippen LogP contribution >= 0.6 is 0 Å². The lowest BCUT2D eigenvalue weighted by atomic mass is 10.1. The van der Waals surface area contributed by atoms with Gasteiger partial charge < -0.3 is 15.2 Å². The van der Waals surface area contributed by atoms with Gasteiger partial charge in [-0.25, -0.2) is 9.18 Å². The Morgan fingerprint density at radius 1 is 1.35 bits per heavy atom. The van der Waals surface area contributed by atoms with Gasteiger partial charge in [0.25, 0.3) is 0 Å². The minimum absolute atomic E-state index is 0.0399. The summed E-state index contributed by atoms with van der Waals surface area (Å²) in [4.78, 5) is 22.4. The highest BCUT2D eigenvalue weighted by molar-refractivity contribution is 5.78. The molecule has 2 atom stereocenters. The third kappa shape index (κ3) is 3.77. The Morgan fingerprint density at radius 3 is 2.75 bits per heavy atom. The number of carbonyl (C=O) groups excluding carboxylic acids is 1. The molecular weight excluding hydrogens is 265 g/mol. The van der Waals surface area contributed by atoms with Crippen molar-refractivity contribution in [3.63, 3.8) is 0 Å². The predicted molar refractivity (Wildman–Crippen MR) is 68.6 cm³/mol. The van der Waals surface area contributed by atoms with E-state index in [0.717, 1.165) is 0 Å². The van der Waals surface area contributed by atoms with E-state index in [4.69, 9.17) is 9.84 Å². The topological polar surface area (TPSA) is 75.6 Å². The number of amides is 1. The van der Waals surface area contributed by atoms with Crippen molar-refractivity contribution in [1.29, 1.82) is 0 Å². The van der Waals surface area contributed by atoms with Gasteiger partial charge >= 0.3 is 5.97 Å². The second-order valence-corrected chi connectivity index (χ2v) is 4.73. The standard InChI is InChI=1S/C14H16FNO4/c15-11-4-2-1-3-9(11)7-13(17)16-8-10-5-6-12(20-10)14(18)19/h1-4,10,12H,5-8H2,(H,16,17)(H,18,19). The van der Waals surface area contributed by atoms with E-state index < -0.39 is 17.9 Å². The molecule has 1 aromatic carbocycles. The molecule has 1 amide bonds. The normalized spacial score (nSPS) is 21.6. The zero-order valence-electron chi connectivity index (χ0n) is 10.8. The quantitative estimate of drug-likeness (QED) is 0.848. The Hall–Kier alpha value is -1.95. The maximum absolute atomic E-state index is 13.4. The minimum Gasteiger partial charge on any atom is -0.479 e. The van der Waals surface area contributed by atoms with Gasteiger partial charge in [0.15, 0.2) is 6.10 Å². The molecule has 0 radical (unpaired) electrons. The molecule has 0 spiro atoms. The number of carbonyl (C=O) groups is 2. The summed E-state index contributed by atoms with van der Waals surface area (Å²) >= 11 is 0. The van der Waals surface area contributed by atoms with Crippen LogP contribution < -0.4 is 5.32 Å². The number of halogens is 1. The summed E-state index contributed by atoms with van der Waals surface area (Å²) in [5.74, 6) is -1.70. The monoisotopic (exact) mass is 281 g/mol. The number of hydrogen-bond donors (Lipinski definition) is 2. The number of ether oxygens (including phenoxy) is 1. The van der Waals surface area contributed by atoms with E-state index in [1.807, 2.05) is 0 Å². The summed E-state index contributed by atoms with van der Waals surface area (Å²) < 4.78 is 18.6. The predicted octanol–water partition coefficient (Wildman–Crippen LogP) is 1.12. The molecule has 0 bridgehead atoms. The molecule has 0 aliphatic carbocycles. The van der Waals surface area contributed by atoms with Crippen LogP contribution in [0, 0.1) is 5.82 Å². The van der Waals surface area contributed by atoms with Gasteiger partial charge in [0.1, 0.15) is 5.82 Å². The molecule has 2 unspecified atom stereocenters. The SMILES string of the molecule is O=C(Cc1ccccc1F)NCC1CCC(C(=O)O)O1. The first-order valence-corrected chi connectivity index (χ1v) is 6.44. The van der Waals surface area contributed by atoms with E-state index in [1.165, 1.54) is 6.07 Å². The molecule has 1 saturated heterocycles. The first kappa shape index (κ1) is 14.5. The van der Waals surface area contributed by atoms with Crippen molar-refractivity contribution in [3.8, 4) is 0 Å². The number of benzene rings is 1. The van der Waals surface area contributed by atoms with Gasteiger partial charge in [0, 0.05) is 6.54 Å². The van der Waals surface area contributed by atoms with Crippen molar-refractivity contribution in [2.75, 3.05) is 6.54 Å². The van der Waals surface area contributed by atoms with Crippen molar-refractivity contribution < 1.29 is 23.8 Å². The van der Waals surface area contributed by atoms with Gasteiger partial charge in [-0.05, 0) is 24.5 Å². The molecule has 108 valence electrons. The summed E-state index contributed by atoms with van der Waals surface area (Å²) in [5.41, 5.74) is 0.334. The number of hydrogen-bond acceptors (Lipinski definition) is 3. The van der Waals surface area contributed by atoms with Crippen molar-refractivity contribution in [1.82, 2.24) is 5.32 Å². The molecule has 2 rings (SSSR count). The summed E-state index contributed by atoms with van der Waals surface area (Å²) in [7, 11) is 0. The zero-order chi connectivity index (χ0) is 14.5. The first-order chi connectivity index (χ1) is 9.56. The van der Waals surface area contributed by atoms with Gasteiger partial charge in [-0.15, -0.1) is 0 Å². The van der Waals surface area contributed by atoms with Crippen LogP contribution in [0.3, 0.4) is 0 Å². The Balaban J connectivity index is 1.76. The molecule has 1 aliphatic heterocycles. The number of rotatable bonds is 5. The number of aliphatic carboxylic acids is 1. The number of carboxylic acids is 1. The Bertz CT molecular complexity index is 506. The van der Waals surface area contributed by atoms with Gasteiger partial charge in [-0.3, -0.25) is 4.79 Å². The van der Waals surface area contributed by atoms with Crippen LogP contribution in [-0.2, 0) is 20.7 Å². The lowest BCUT2D eigenvalue weighted by molar-refractivity contribution is -0.149. The fourth-order valence-corrected chi connectivity index (χ4v) is 2.14. The summed E-state index contributed by atoms with van der Waals surface area (Å²) in [6, 6.07) is 6.10. The van der Waals surface area contributed by atoms with E-state index in [9.17, 15) is 14.0 Å². The highest BCUT2D eigenvalue weighted by Crippen LogP contribution is 2.19. The van der Waals surface area contributed by atoms with Crippen LogP contribution in [0.2, 0.25) is 0 Å². The lowest BCUT2D eigenvalue weighted by Gasteiger charge is -2.12. The van der Waals surface area contributed by atoms with Gasteiger partial charge in [-0.1, -0.05) is 18.2 Å². The Kier molecular flexibility index (Phi) is 4.68. The number of carboxylic acid groups (broad SMARTS) is 1. The second-order valence-electron chi connectivity index (χ2n) is 4.73. The average molecular weight is 281 g/mol. The first-order valence-electron chi connectivity index (χ1n) is 6.44. The molecule has 1 fully saturated rings. The third-order valence-corrected chi connectivity index (χ3v) is 3.22. The third-order valence-electron chi connectivity index (χ3n) is 3.22. The van der Waals surface area contributed by atoms with Crippen molar-refractivity contribution in [2.24, 2.45) is 0 Å². The van der Waals surface area contributed by atoms with E-state index >= 15 is 0 Å². The zero-order valence-corrected chi connectivity index (χ0v) is 10.8. The molecule has 1 aliphatic rings. The fraction of sp³-hybridized carbons (Fsp3) is 0.429. The molecule has 0 aromatic heterocycles. The summed E-state index contributed by atoms with van der Waals surface area (Å²) in [6.07, 6.45) is -0.0776. The maximum atomic E-state index is 13.4. The van der Waals surface area contributed by atoms with Crippen LogP contribution in [0.15, 0.2) is 24.3 Å². The second kappa shape index (κ2) is 6.47. The largest absolute Gasteiger partial charge is 0.479 e. The highest BCUT2D eigenvalue weighted by Gasteiger charge is 2.30. The van der Waals surface area contributed by atoms with E-state index in [2.05, 4.69) is 5.32 Å². The van der Waals surface area contributed by atoms with E-state index in [1.54, 1.807) is 18.2 Å². The van der Waals surface area contributed by atoms with Crippen LogP contribution in [0.25, 0.3) is 0 Å². The summed E-state index contributed by atoms with van der Waals surface area (Å²) in [5, 5.41) is 11.4. The molecule has 5 nitrogen and oxygen atoms in total. The van der Waals surface area contributed by atoms with Crippen molar-refractivity contribution in [2.45, 2.75) is 31.5 Å². The highest BCUT2D eigenvalue weighted by atomic mass is 19.1. The van der Waals surface area contributed by atoms with Crippen LogP contribution in [0.4, 0.5) is 4.39 Å². The maximum Gasteiger partial charge on any atom is 0.332 e. The molecular formula is C14H16FNO4. The molecule has 1 aromatic rings. The Morgan fingerprint density at radius 2 is 2.10 bits per heavy atom. The number of nitrogens with one attached hydrogen (secondary N) is 1. The summed E-state index contributed by atoms with van der Waals surface area (Å²) in [6.45, 7) is 0.247. The van der Waals surface area contributed by atoms with Crippen molar-refractivity contribution in [3.05, 3.63) is 35.6 Å². The smallest absolute Gasteiger partial charge is 0.332 e. The van der Waals surface area contributed by atoms with Crippen molar-refractivity contribution >= 4 is 11.9 Å². The average Bonchev–Trinajstić information content (AvgIpc) is 2.88.